The zero-order valence-corrected chi connectivity index (χ0v) is 19.8. The molecule has 0 unspecified atom stereocenters. The topological polar surface area (TPSA) is 172 Å². The largest absolute Gasteiger partial charge is 4.00 e. The molecule has 13 heavy (non-hydrogen) atoms. The smallest absolute Gasteiger partial charge is 0.822 e. The molecule has 0 radical (unpaired) electrons. The first-order valence-electron chi connectivity index (χ1n) is 1.46. The summed E-state index contributed by atoms with van der Waals surface area (Å²) < 4.78 is 17.1. The van der Waals surface area contributed by atoms with Crippen LogP contribution in [0.4, 0.5) is 0 Å². The number of phosphoric acid groups is 2. The van der Waals surface area contributed by atoms with Crippen LogP contribution < -0.4 is 146 Å². The Kier molecular flexibility index (Phi) is 34.3. The van der Waals surface area contributed by atoms with Crippen LogP contribution in [0.25, 0.3) is 0 Å². The van der Waals surface area contributed by atoms with Gasteiger partial charge < -0.3 is 38.5 Å². The molecule has 0 amide bonds. The third-order valence-corrected chi connectivity index (χ3v) is 0. The molecule has 13 heteroatoms. The molecule has 0 bridgehead atoms. The van der Waals surface area contributed by atoms with Crippen molar-refractivity contribution in [1.82, 2.24) is 0 Å². The Morgan fingerprint density at radius 2 is 0.615 bits per heavy atom. The van der Waals surface area contributed by atoms with Crippen molar-refractivity contribution in [2.75, 3.05) is 0 Å². The average molecular weight is 409 g/mol. The first-order chi connectivity index (χ1) is 4.00. The van der Waals surface area contributed by atoms with E-state index in [9.17, 15) is 0 Å². The predicted octanol–water partition coefficient (Wildman–Crippen LogP) is -11.6. The monoisotopic (exact) mass is 408 g/mol. The van der Waals surface area contributed by atoms with E-state index in [4.69, 9.17) is 38.5 Å². The average Bonchev–Trinajstić information content (AvgIpc) is 1.12. The maximum Gasteiger partial charge on any atom is 4.00 e. The minimum Gasteiger partial charge on any atom is -0.822 e. The summed E-state index contributed by atoms with van der Waals surface area (Å²) in [6.45, 7) is 0. The van der Waals surface area contributed by atoms with E-state index in [-0.39, 0.29) is 138 Å². The zero-order valence-electron chi connectivity index (χ0n) is 6.66. The Morgan fingerprint density at radius 1 is 0.615 bits per heavy atom. The summed E-state index contributed by atoms with van der Waals surface area (Å²) in [6, 6.07) is 0. The molecule has 8 nitrogen and oxygen atoms in total. The SMILES string of the molecule is O=P([O-])([O-])[O-].O=P([O-])([O-])[O-].[Rb+].[Rb+].[Ti+4]. The van der Waals surface area contributed by atoms with Crippen LogP contribution in [0.5, 0.6) is 0 Å². The van der Waals surface area contributed by atoms with Gasteiger partial charge in [-0.3, -0.25) is 0 Å². The van der Waals surface area contributed by atoms with Crippen molar-refractivity contribution in [2.45, 2.75) is 0 Å². The third kappa shape index (κ3) is 169. The van der Waals surface area contributed by atoms with Crippen molar-refractivity contribution in [2.24, 2.45) is 0 Å². The van der Waals surface area contributed by atoms with Crippen LogP contribution in [-0.4, -0.2) is 0 Å². The van der Waals surface area contributed by atoms with Crippen molar-refractivity contribution < 1.29 is 177 Å². The molecule has 0 atom stereocenters. The molecule has 0 aliphatic heterocycles. The van der Waals surface area contributed by atoms with Crippen molar-refractivity contribution >= 4 is 15.6 Å². The molecule has 0 N–H and O–H groups in total. The van der Waals surface area contributed by atoms with E-state index in [0.717, 1.165) is 0 Å². The Labute approximate surface area is 187 Å². The fourth-order valence-electron chi connectivity index (χ4n) is 0. The molecule has 0 aliphatic carbocycles. The van der Waals surface area contributed by atoms with Crippen LogP contribution in [0, 0.1) is 0 Å². The molecule has 0 fully saturated rings. The number of hydrogen-bond acceptors (Lipinski definition) is 8. The van der Waals surface area contributed by atoms with E-state index in [0.29, 0.717) is 0 Å². The standard InChI is InChI=1S/2H3O4P.2Rb.Ti/c2*1-5(2,3)4;;;/h2*(H3,1,2,3,4);;;/q;;2*+1;+4/p-6. The van der Waals surface area contributed by atoms with Gasteiger partial charge in [0.15, 0.2) is 0 Å². The van der Waals surface area contributed by atoms with Crippen LogP contribution in [0.15, 0.2) is 0 Å². The number of hydrogen-bond donors (Lipinski definition) is 0. The molecule has 0 aromatic heterocycles. The summed E-state index contributed by atoms with van der Waals surface area (Å²) in [5, 5.41) is 0. The second-order valence-electron chi connectivity index (χ2n) is 0.894. The van der Waals surface area contributed by atoms with Crippen molar-refractivity contribution in [3.63, 3.8) is 0 Å². The van der Waals surface area contributed by atoms with Gasteiger partial charge in [-0.1, -0.05) is 0 Å². The zero-order chi connectivity index (χ0) is 9.00. The molecule has 0 aromatic rings. The van der Waals surface area contributed by atoms with Gasteiger partial charge in [0.25, 0.3) is 0 Å². The van der Waals surface area contributed by atoms with E-state index < -0.39 is 15.6 Å². The van der Waals surface area contributed by atoms with Gasteiger partial charge in [0, 0.05) is 0 Å². The van der Waals surface area contributed by atoms with E-state index >= 15 is 0 Å². The summed E-state index contributed by atoms with van der Waals surface area (Å²) in [6.07, 6.45) is 0. The van der Waals surface area contributed by atoms with Gasteiger partial charge in [0.05, 0.1) is 0 Å². The minimum atomic E-state index is -5.39. The molecular formula is O8P2Rb2Ti. The molecule has 0 aromatic carbocycles. The van der Waals surface area contributed by atoms with Gasteiger partial charge in [0.2, 0.25) is 0 Å². The maximum atomic E-state index is 8.55. The summed E-state index contributed by atoms with van der Waals surface area (Å²) in [4.78, 5) is 51.3. The van der Waals surface area contributed by atoms with E-state index in [1.807, 2.05) is 0 Å². The van der Waals surface area contributed by atoms with Gasteiger partial charge in [-0.05, 0) is 0 Å². The van der Waals surface area contributed by atoms with Crippen LogP contribution in [0.2, 0.25) is 0 Å². The predicted molar refractivity (Wildman–Crippen MR) is 15.2 cm³/mol. The maximum absolute atomic E-state index is 8.55. The second-order valence-corrected chi connectivity index (χ2v) is 2.68. The fourth-order valence-corrected chi connectivity index (χ4v) is 0. The van der Waals surface area contributed by atoms with E-state index in [1.165, 1.54) is 0 Å². The molecular weight excluding hydrogens is 409 g/mol. The summed E-state index contributed by atoms with van der Waals surface area (Å²) in [7, 11) is -10.8. The van der Waals surface area contributed by atoms with Gasteiger partial charge >= 0.3 is 138 Å². The molecule has 0 aliphatic rings. The Morgan fingerprint density at radius 3 is 0.615 bits per heavy atom. The Balaban J connectivity index is -0.0000000267. The van der Waals surface area contributed by atoms with E-state index in [1.54, 1.807) is 0 Å². The second kappa shape index (κ2) is 14.6. The van der Waals surface area contributed by atoms with Gasteiger partial charge in [-0.25, -0.2) is 0 Å². The van der Waals surface area contributed by atoms with Gasteiger partial charge in [0.1, 0.15) is 0 Å². The molecule has 64 valence electrons. The first-order valence-corrected chi connectivity index (χ1v) is 4.38. The molecule has 0 saturated heterocycles. The van der Waals surface area contributed by atoms with Crippen LogP contribution in [0.1, 0.15) is 0 Å². The molecule has 0 saturated carbocycles. The summed E-state index contributed by atoms with van der Waals surface area (Å²) in [5.74, 6) is 0. The Hall–Kier alpha value is 4.54. The van der Waals surface area contributed by atoms with Gasteiger partial charge in [-0.15, -0.1) is 0 Å². The molecule has 0 heterocycles. The number of rotatable bonds is 0. The summed E-state index contributed by atoms with van der Waals surface area (Å²) >= 11 is 0. The molecule has 0 rings (SSSR count). The van der Waals surface area contributed by atoms with Gasteiger partial charge in [-0.2, -0.15) is 15.6 Å². The van der Waals surface area contributed by atoms with Crippen LogP contribution in [0.3, 0.4) is 0 Å². The van der Waals surface area contributed by atoms with Crippen molar-refractivity contribution in [3.05, 3.63) is 0 Å². The van der Waals surface area contributed by atoms with Crippen LogP contribution >= 0.6 is 15.6 Å². The Bertz CT molecular complexity index is 132. The van der Waals surface area contributed by atoms with Crippen molar-refractivity contribution in [3.8, 4) is 0 Å². The summed E-state index contributed by atoms with van der Waals surface area (Å²) in [5.41, 5.74) is 0. The van der Waals surface area contributed by atoms with E-state index in [2.05, 4.69) is 0 Å². The van der Waals surface area contributed by atoms with Crippen LogP contribution in [-0.2, 0) is 30.8 Å². The molecule has 0 spiro atoms. The third-order valence-electron chi connectivity index (χ3n) is 0. The van der Waals surface area contributed by atoms with Crippen molar-refractivity contribution in [1.29, 1.82) is 0 Å². The first kappa shape index (κ1) is 30.5. The minimum absolute atomic E-state index is 0. The fraction of sp³-hybridized carbons (Fsp3) is 0. The normalized spacial score (nSPS) is 9.08. The quantitative estimate of drug-likeness (QED) is 0.280.